The van der Waals surface area contributed by atoms with E-state index in [1.54, 1.807) is 7.11 Å². The Morgan fingerprint density at radius 2 is 0.721 bits per heavy atom. The van der Waals surface area contributed by atoms with Crippen molar-refractivity contribution in [2.45, 2.75) is 346 Å². The second-order valence-corrected chi connectivity index (χ2v) is 113. The molecule has 4 atom stereocenters. The van der Waals surface area contributed by atoms with E-state index in [0.717, 1.165) is 122 Å². The quantitative estimate of drug-likeness (QED) is 0.0160. The van der Waals surface area contributed by atoms with Crippen molar-refractivity contribution >= 4 is 152 Å². The van der Waals surface area contributed by atoms with Crippen LogP contribution >= 0.6 is 0 Å². The highest BCUT2D eigenvalue weighted by Crippen LogP contribution is 2.33. The predicted octanol–water partition coefficient (Wildman–Crippen LogP) is 17.9. The average Bonchev–Trinajstić information content (AvgIpc) is 0.833. The molecule has 0 amide bonds. The van der Waals surface area contributed by atoms with Crippen LogP contribution in [0.1, 0.15) is 66.7 Å². The van der Waals surface area contributed by atoms with E-state index in [2.05, 4.69) is 315 Å². The number of hydrogen-bond acceptors (Lipinski definition) is 23. The molecule has 0 saturated heterocycles. The number of likely N-dealkylation sites (N-methyl/N-ethyl adjacent to an activating group) is 1. The van der Waals surface area contributed by atoms with Crippen LogP contribution < -0.4 is 43.9 Å². The van der Waals surface area contributed by atoms with Gasteiger partial charge in [-0.05, 0) is 370 Å². The van der Waals surface area contributed by atoms with Gasteiger partial charge < -0.3 is 102 Å². The number of hydrogen-bond donors (Lipinski definition) is 8. The third-order valence-corrected chi connectivity index (χ3v) is 77.8. The first-order valence-corrected chi connectivity index (χ1v) is 95.6. The largest absolute Gasteiger partial charge is 0.481 e. The summed E-state index contributed by atoms with van der Waals surface area (Å²) in [4.78, 5) is 3.56. The fraction of sp³-hybridized carbons (Fsp3) is 0.971. The van der Waals surface area contributed by atoms with E-state index in [1.807, 2.05) is 0 Å². The van der Waals surface area contributed by atoms with Gasteiger partial charge in [-0.25, -0.2) is 0 Å². The second kappa shape index (κ2) is 54.5. The molecular weight excluding hydrogens is 1700 g/mol. The van der Waals surface area contributed by atoms with E-state index in [1.165, 1.54) is 11.6 Å². The van der Waals surface area contributed by atoms with Crippen molar-refractivity contribution in [2.75, 3.05) is 92.2 Å². The fourth-order valence-corrected chi connectivity index (χ4v) is 94.0. The van der Waals surface area contributed by atoms with E-state index < -0.39 is 152 Å². The molecule has 4 unspecified atom stereocenters. The Hall–Kier alpha value is 2.72. The van der Waals surface area contributed by atoms with Gasteiger partial charge in [0.25, 0.3) is 17.0 Å². The summed E-state index contributed by atoms with van der Waals surface area (Å²) in [7, 11) is -33.4. The highest BCUT2D eigenvalue weighted by atomic mass is 28.5. The molecule has 41 heteroatoms. The maximum atomic E-state index is 6.74. The van der Waals surface area contributed by atoms with Gasteiger partial charge in [-0.1, -0.05) is 39.8 Å². The zero-order valence-corrected chi connectivity index (χ0v) is 99.5. The Labute approximate surface area is 709 Å². The van der Waals surface area contributed by atoms with Crippen LogP contribution in [-0.4, -0.2) is 249 Å². The van der Waals surface area contributed by atoms with Crippen LogP contribution in [-0.2, 0) is 57.9 Å². The minimum Gasteiger partial charge on any atom is -0.437 e. The first-order chi connectivity index (χ1) is 49.4. The predicted molar refractivity (Wildman–Crippen MR) is 530 cm³/mol. The van der Waals surface area contributed by atoms with Crippen LogP contribution in [0.25, 0.3) is 0 Å². The summed E-state index contributed by atoms with van der Waals surface area (Å²) in [6.07, 6.45) is 5.16. The molecule has 0 aromatic carbocycles. The molecule has 0 aromatic heterocycles. The van der Waals surface area contributed by atoms with E-state index in [9.17, 15) is 0 Å². The summed E-state index contributed by atoms with van der Waals surface area (Å²) in [5.74, 6) is 0.646. The minimum atomic E-state index is -2.75. The number of nitrogens with one attached hydrogen (secondary N) is 4. The molecule has 0 aliphatic carbocycles. The Balaban J connectivity index is -0.000000423. The lowest BCUT2D eigenvalue weighted by atomic mass is 10.2. The van der Waals surface area contributed by atoms with E-state index in [4.69, 9.17) is 80.9 Å². The molecule has 0 heterocycles. The highest BCUT2D eigenvalue weighted by Gasteiger charge is 2.51. The molecule has 0 aliphatic rings. The van der Waals surface area contributed by atoms with Gasteiger partial charge in [0.05, 0.1) is 0 Å². The van der Waals surface area contributed by atoms with Crippen molar-refractivity contribution in [3.05, 3.63) is 12.2 Å². The Kier molecular flexibility index (Phi) is 60.0. The molecule has 0 saturated carbocycles. The van der Waals surface area contributed by atoms with Crippen molar-refractivity contribution in [3.63, 3.8) is 0 Å². The number of nitrogens with zero attached hydrogens (tertiary/aromatic N) is 1. The van der Waals surface area contributed by atoms with Gasteiger partial charge in [0.2, 0.25) is 0 Å². The van der Waals surface area contributed by atoms with Gasteiger partial charge in [-0.2, -0.15) is 0 Å². The van der Waals surface area contributed by atoms with E-state index in [-0.39, 0.29) is 0 Å². The molecule has 0 radical (unpaired) electrons. The van der Waals surface area contributed by atoms with Gasteiger partial charge in [-0.15, -0.1) is 0 Å². The molecule has 674 valence electrons. The summed E-state index contributed by atoms with van der Waals surface area (Å²) in [6, 6.07) is 5.05. The number of nitrogens with two attached hydrogens (primary N) is 4. The molecule has 0 bridgehead atoms. The molecule has 23 nitrogen and oxygen atoms in total. The van der Waals surface area contributed by atoms with E-state index in [0.29, 0.717) is 25.6 Å². The lowest BCUT2D eigenvalue weighted by Crippen LogP contribution is -2.60. The topological polar surface area (TPSA) is 285 Å². The first kappa shape index (κ1) is 122. The second-order valence-electron chi connectivity index (χ2n) is 40.7. The molecule has 0 rings (SSSR count). The standard InChI is InChI=1S/C18H44N2O2Si3.C14H40N2O4Si4.C14H40N2O3Si4.C12H34N2O2Si3.C12H35NO3Si4/c1-12-19-14-18(5)16-23(6,7)21-25(10,11)22-24(8,9)20(13-2)15-17(3)4;1-17-24(19-22(5,6)7,14-10-12-16-13-11-15)20-23(8,9)18-21(2,3)4;1-20(2,3)17-22(7,8)19-23(9,18-21(4,5)6)14-10-12-16-13-11-15;1-8-11-14-18(4,5)16-19(6,7)15-17(2,3)12-9-10-13;1-17(2,3)14-19(7,8)16-20(9,12-10-11-13)15-18(4,5)6/h18-19H,3,12-16H2,1-2,4-11H3;16H,10-15H2,1-9H3;16H,10-15H2,1-9H3;14H,8-13H2,1-7H3;10-13H2,1-9H3. The molecule has 111 heavy (non-hydrogen) atoms. The monoisotopic (exact) mass is 1890 g/mol. The molecule has 0 aromatic rings. The van der Waals surface area contributed by atoms with Crippen LogP contribution in [0.3, 0.4) is 0 Å². The van der Waals surface area contributed by atoms with Crippen molar-refractivity contribution < 1.29 is 57.9 Å². The van der Waals surface area contributed by atoms with Crippen molar-refractivity contribution in [1.29, 1.82) is 0 Å². The van der Waals surface area contributed by atoms with Gasteiger partial charge in [0, 0.05) is 45.9 Å². The SMILES string of the molecule is C=C(C)CN(CC)[Si](C)(C)O[Si](C)(C)O[Si](C)(C)CC(C)CNCC.CCCN[Si](C)(C)O[Si](C)(C)O[Si](C)(C)CCCN.CO[Si](CCCNCCN)(O[Si](C)(C)C)O[Si](C)(C)O[Si](C)(C)C.C[Si](C)(C)O[Si](C)(C)O[Si](C)(CCCN)O[Si](C)(C)C.C[Si](C)(C)O[Si](C)(C)O[Si](C)(CCCNCCN)O[Si](C)(C)C. The van der Waals surface area contributed by atoms with Crippen LogP contribution in [0, 0.1) is 5.92 Å². The zero-order valence-electron chi connectivity index (χ0n) is 81.5. The van der Waals surface area contributed by atoms with Crippen LogP contribution in [0.4, 0.5) is 0 Å². The third kappa shape index (κ3) is 75.0. The summed E-state index contributed by atoms with van der Waals surface area (Å²) in [5.41, 5.74) is 23.5. The van der Waals surface area contributed by atoms with Crippen molar-refractivity contribution in [2.24, 2.45) is 28.9 Å². The maximum absolute atomic E-state index is 6.74. The molecule has 0 aliphatic heterocycles. The normalized spacial score (nSPS) is 15.7. The Bertz CT molecular complexity index is 2410. The first-order valence-electron chi connectivity index (χ1n) is 42.1. The fourth-order valence-electron chi connectivity index (χ4n) is 13.9. The van der Waals surface area contributed by atoms with Gasteiger partial charge in [0.1, 0.15) is 0 Å². The minimum absolute atomic E-state index is 0.646. The maximum Gasteiger partial charge on any atom is 0.481 e. The van der Waals surface area contributed by atoms with Crippen LogP contribution in [0.5, 0.6) is 0 Å². The smallest absolute Gasteiger partial charge is 0.437 e. The van der Waals surface area contributed by atoms with Crippen LogP contribution in [0.15, 0.2) is 12.2 Å². The average molecular weight is 1890 g/mol. The highest BCUT2D eigenvalue weighted by molar-refractivity contribution is 6.92. The molecule has 12 N–H and O–H groups in total. The summed E-state index contributed by atoms with van der Waals surface area (Å²) in [6.45, 7) is 110. The van der Waals surface area contributed by atoms with E-state index >= 15 is 0 Å². The Morgan fingerprint density at radius 3 is 1.06 bits per heavy atom. The van der Waals surface area contributed by atoms with Gasteiger partial charge in [0.15, 0.2) is 66.5 Å². The lowest BCUT2D eigenvalue weighted by Gasteiger charge is -2.43. The molecule has 0 spiro atoms. The summed E-state index contributed by atoms with van der Waals surface area (Å²) >= 11 is 0. The van der Waals surface area contributed by atoms with Crippen LogP contribution in [0.2, 0.25) is 279 Å². The van der Waals surface area contributed by atoms with Gasteiger partial charge in [-0.3, -0.25) is 4.57 Å². The van der Waals surface area contributed by atoms with Gasteiger partial charge >= 0.3 is 68.7 Å². The molecular formula is C70H193N9O14Si18. The summed E-state index contributed by atoms with van der Waals surface area (Å²) in [5, 5.41) is 10.1. The lowest BCUT2D eigenvalue weighted by molar-refractivity contribution is 0.181. The van der Waals surface area contributed by atoms with Crippen molar-refractivity contribution in [1.82, 2.24) is 25.5 Å². The molecule has 0 fully saturated rings. The summed E-state index contributed by atoms with van der Waals surface area (Å²) < 4.78 is 92.9. The van der Waals surface area contributed by atoms with Crippen molar-refractivity contribution in [3.8, 4) is 0 Å². The Morgan fingerprint density at radius 1 is 0.369 bits per heavy atom. The third-order valence-electron chi connectivity index (χ3n) is 15.1. The number of rotatable bonds is 57. The zero-order chi connectivity index (χ0) is 88.7.